The van der Waals surface area contributed by atoms with Crippen molar-refractivity contribution in [2.75, 3.05) is 7.11 Å². The Bertz CT molecular complexity index is 1280. The van der Waals surface area contributed by atoms with E-state index in [0.717, 1.165) is 57.6 Å². The van der Waals surface area contributed by atoms with Crippen molar-refractivity contribution in [1.29, 1.82) is 0 Å². The number of methoxy groups -OCH3 is 1. The van der Waals surface area contributed by atoms with Gasteiger partial charge < -0.3 is 13.8 Å². The zero-order chi connectivity index (χ0) is 20.8. The number of aryl methyl sites for hydroxylation is 2. The molecule has 1 aliphatic carbocycles. The summed E-state index contributed by atoms with van der Waals surface area (Å²) in [6.45, 7) is 4.24. The minimum Gasteiger partial charge on any atom is -0.496 e. The van der Waals surface area contributed by atoms with Crippen molar-refractivity contribution in [3.8, 4) is 16.9 Å². The molecule has 0 spiro atoms. The van der Waals surface area contributed by atoms with E-state index < -0.39 is 0 Å². The number of ether oxygens (including phenoxy) is 1. The van der Waals surface area contributed by atoms with Gasteiger partial charge in [0.05, 0.1) is 36.1 Å². The van der Waals surface area contributed by atoms with Crippen LogP contribution in [0.15, 0.2) is 51.9 Å². The topological polar surface area (TPSA) is 70.2 Å². The van der Waals surface area contributed by atoms with E-state index in [4.69, 9.17) is 9.26 Å². The molecule has 1 aliphatic rings. The number of rotatable bonds is 5. The van der Waals surface area contributed by atoms with Crippen LogP contribution in [-0.2, 0) is 6.54 Å². The summed E-state index contributed by atoms with van der Waals surface area (Å²) in [5, 5.41) is 5.10. The highest BCUT2D eigenvalue weighted by Crippen LogP contribution is 2.41. The van der Waals surface area contributed by atoms with Crippen LogP contribution in [0.2, 0.25) is 0 Å². The van der Waals surface area contributed by atoms with E-state index in [1.54, 1.807) is 13.3 Å². The predicted octanol–water partition coefficient (Wildman–Crippen LogP) is 4.60. The monoisotopic (exact) mass is 401 g/mol. The summed E-state index contributed by atoms with van der Waals surface area (Å²) >= 11 is 0. The maximum Gasteiger partial charge on any atom is 0.254 e. The molecule has 3 aromatic heterocycles. The van der Waals surface area contributed by atoms with Crippen LogP contribution in [-0.4, -0.2) is 21.8 Å². The molecule has 0 aliphatic heterocycles. The Kier molecular flexibility index (Phi) is 4.42. The maximum absolute atomic E-state index is 13.4. The molecule has 1 fully saturated rings. The highest BCUT2D eigenvalue weighted by atomic mass is 16.5. The fraction of sp³-hybridized carbons (Fsp3) is 0.292. The number of nitrogens with zero attached hydrogens (tertiary/aromatic N) is 3. The molecule has 0 N–H and O–H groups in total. The molecule has 152 valence electrons. The van der Waals surface area contributed by atoms with E-state index in [9.17, 15) is 4.79 Å². The zero-order valence-corrected chi connectivity index (χ0v) is 17.3. The highest BCUT2D eigenvalue weighted by Gasteiger charge is 2.28. The molecule has 0 radical (unpaired) electrons. The molecular weight excluding hydrogens is 378 g/mol. The molecule has 0 saturated heterocycles. The molecule has 6 heteroatoms. The van der Waals surface area contributed by atoms with Crippen molar-refractivity contribution >= 4 is 10.9 Å². The second kappa shape index (κ2) is 7.13. The first-order valence-electron chi connectivity index (χ1n) is 10.2. The Morgan fingerprint density at radius 3 is 2.67 bits per heavy atom. The minimum atomic E-state index is 0.0581. The summed E-state index contributed by atoms with van der Waals surface area (Å²) in [4.78, 5) is 17.8. The van der Waals surface area contributed by atoms with Gasteiger partial charge in [-0.05, 0) is 62.3 Å². The van der Waals surface area contributed by atoms with Crippen LogP contribution < -0.4 is 10.3 Å². The van der Waals surface area contributed by atoms with Crippen LogP contribution in [0.4, 0.5) is 0 Å². The second-order valence-corrected chi connectivity index (χ2v) is 7.90. The average molecular weight is 401 g/mol. The van der Waals surface area contributed by atoms with Gasteiger partial charge in [0, 0.05) is 23.4 Å². The molecule has 0 amide bonds. The van der Waals surface area contributed by atoms with Gasteiger partial charge in [-0.15, -0.1) is 0 Å². The van der Waals surface area contributed by atoms with E-state index in [1.165, 1.54) is 0 Å². The maximum atomic E-state index is 13.4. The molecule has 1 aromatic carbocycles. The number of fused-ring (bicyclic) bond motifs is 1. The summed E-state index contributed by atoms with van der Waals surface area (Å²) in [5.41, 5.74) is 5.30. The van der Waals surface area contributed by atoms with Gasteiger partial charge in [-0.1, -0.05) is 11.2 Å². The first-order valence-corrected chi connectivity index (χ1v) is 10.2. The molecule has 0 unspecified atom stereocenters. The average Bonchev–Trinajstić information content (AvgIpc) is 3.54. The normalized spacial score (nSPS) is 13.7. The molecule has 5 rings (SSSR count). The van der Waals surface area contributed by atoms with Crippen molar-refractivity contribution in [1.82, 2.24) is 14.7 Å². The summed E-state index contributed by atoms with van der Waals surface area (Å²) in [6.07, 6.45) is 3.89. The fourth-order valence-corrected chi connectivity index (χ4v) is 4.16. The van der Waals surface area contributed by atoms with Crippen LogP contribution >= 0.6 is 0 Å². The highest BCUT2D eigenvalue weighted by molar-refractivity contribution is 5.90. The van der Waals surface area contributed by atoms with Crippen molar-refractivity contribution < 1.29 is 9.26 Å². The van der Waals surface area contributed by atoms with E-state index in [1.807, 2.05) is 48.7 Å². The Hall–Kier alpha value is -3.41. The molecule has 0 bridgehead atoms. The quantitative estimate of drug-likeness (QED) is 0.489. The van der Waals surface area contributed by atoms with Gasteiger partial charge in [0.15, 0.2) is 0 Å². The van der Waals surface area contributed by atoms with E-state index in [-0.39, 0.29) is 5.56 Å². The first kappa shape index (κ1) is 18.6. The number of hydrogen-bond donors (Lipinski definition) is 0. The van der Waals surface area contributed by atoms with E-state index in [0.29, 0.717) is 18.2 Å². The third kappa shape index (κ3) is 3.09. The van der Waals surface area contributed by atoms with Gasteiger partial charge in [-0.3, -0.25) is 9.78 Å². The Morgan fingerprint density at radius 1 is 1.20 bits per heavy atom. The van der Waals surface area contributed by atoms with Gasteiger partial charge in [0.1, 0.15) is 11.5 Å². The van der Waals surface area contributed by atoms with Gasteiger partial charge in [-0.2, -0.15) is 0 Å². The van der Waals surface area contributed by atoms with Crippen LogP contribution in [0, 0.1) is 13.8 Å². The molecule has 0 atom stereocenters. The molecule has 30 heavy (non-hydrogen) atoms. The lowest BCUT2D eigenvalue weighted by Gasteiger charge is -2.16. The fourth-order valence-electron chi connectivity index (χ4n) is 4.16. The van der Waals surface area contributed by atoms with Crippen LogP contribution in [0.25, 0.3) is 22.0 Å². The number of hydrogen-bond acceptors (Lipinski definition) is 5. The third-order valence-corrected chi connectivity index (χ3v) is 5.81. The van der Waals surface area contributed by atoms with Crippen LogP contribution in [0.1, 0.15) is 41.5 Å². The predicted molar refractivity (Wildman–Crippen MR) is 115 cm³/mol. The number of benzene rings is 1. The van der Waals surface area contributed by atoms with Gasteiger partial charge in [0.2, 0.25) is 0 Å². The van der Waals surface area contributed by atoms with Gasteiger partial charge in [-0.25, -0.2) is 0 Å². The lowest BCUT2D eigenvalue weighted by Crippen LogP contribution is -2.24. The molecule has 1 saturated carbocycles. The first-order chi connectivity index (χ1) is 14.6. The molecule has 6 nitrogen and oxygen atoms in total. The summed E-state index contributed by atoms with van der Waals surface area (Å²) < 4.78 is 12.9. The summed E-state index contributed by atoms with van der Waals surface area (Å²) in [6, 6.07) is 11.8. The summed E-state index contributed by atoms with van der Waals surface area (Å²) in [7, 11) is 1.64. The van der Waals surface area contributed by atoms with Crippen molar-refractivity contribution in [3.63, 3.8) is 0 Å². The Labute approximate surface area is 174 Å². The van der Waals surface area contributed by atoms with E-state index >= 15 is 0 Å². The minimum absolute atomic E-state index is 0.0581. The third-order valence-electron chi connectivity index (χ3n) is 5.81. The van der Waals surface area contributed by atoms with Crippen LogP contribution in [0.3, 0.4) is 0 Å². The Morgan fingerprint density at radius 2 is 2.03 bits per heavy atom. The lowest BCUT2D eigenvalue weighted by atomic mass is 9.99. The second-order valence-electron chi connectivity index (χ2n) is 7.90. The molecule has 4 aromatic rings. The summed E-state index contributed by atoms with van der Waals surface area (Å²) in [5.74, 6) is 1.78. The SMILES string of the molecule is COc1cc2c(cc1-c1c(C)noc1C)cc(C1CC1)c(=O)n2Cc1ccccn1. The number of aromatic nitrogens is 3. The zero-order valence-electron chi connectivity index (χ0n) is 17.3. The molecule has 3 heterocycles. The van der Waals surface area contributed by atoms with Gasteiger partial charge in [0.25, 0.3) is 5.56 Å². The van der Waals surface area contributed by atoms with E-state index in [2.05, 4.69) is 16.2 Å². The van der Waals surface area contributed by atoms with Crippen molar-refractivity contribution in [2.45, 2.75) is 39.2 Å². The molecular formula is C24H23N3O3. The largest absolute Gasteiger partial charge is 0.496 e. The van der Waals surface area contributed by atoms with Crippen LogP contribution in [0.5, 0.6) is 5.75 Å². The number of pyridine rings is 2. The lowest BCUT2D eigenvalue weighted by molar-refractivity contribution is 0.393. The smallest absolute Gasteiger partial charge is 0.254 e. The van der Waals surface area contributed by atoms with Crippen molar-refractivity contribution in [2.24, 2.45) is 0 Å². The van der Waals surface area contributed by atoms with Crippen molar-refractivity contribution in [3.05, 3.63) is 75.7 Å². The standard InChI is InChI=1S/C24H23N3O3/c1-14-23(15(2)30-26-14)20-11-17-10-19(16-7-8-16)24(28)27(21(17)12-22(20)29-3)13-18-6-4-5-9-25-18/h4-6,9-12,16H,7-8,13H2,1-3H3. The Balaban J connectivity index is 1.78. The van der Waals surface area contributed by atoms with Gasteiger partial charge >= 0.3 is 0 Å².